The van der Waals surface area contributed by atoms with Crippen molar-refractivity contribution in [2.75, 3.05) is 20.3 Å². The van der Waals surface area contributed by atoms with Crippen molar-refractivity contribution in [3.8, 4) is 11.5 Å². The number of amides is 2. The molecule has 0 radical (unpaired) electrons. The molecule has 0 aliphatic carbocycles. The van der Waals surface area contributed by atoms with E-state index >= 15 is 0 Å². The van der Waals surface area contributed by atoms with Crippen LogP contribution in [0.2, 0.25) is 10.0 Å². The lowest BCUT2D eigenvalue weighted by atomic mass is 10.0. The normalized spacial score (nSPS) is 11.4. The van der Waals surface area contributed by atoms with Gasteiger partial charge in [0.05, 0.1) is 7.11 Å². The summed E-state index contributed by atoms with van der Waals surface area (Å²) in [4.78, 5) is 28.2. The molecule has 0 fully saturated rings. The third-order valence-corrected chi connectivity index (χ3v) is 6.14. The molecule has 8 heteroatoms. The molecule has 0 aromatic heterocycles. The Kier molecular flexibility index (Phi) is 9.82. The van der Waals surface area contributed by atoms with E-state index in [1.54, 1.807) is 49.6 Å². The molecule has 0 aliphatic heterocycles. The van der Waals surface area contributed by atoms with Crippen LogP contribution in [0.25, 0.3) is 0 Å². The van der Waals surface area contributed by atoms with Gasteiger partial charge in [0.1, 0.15) is 17.5 Å². The predicted molar refractivity (Wildman–Crippen MR) is 138 cm³/mol. The molecular weight excluding hydrogens is 487 g/mol. The average Bonchev–Trinajstić information content (AvgIpc) is 2.87. The maximum Gasteiger partial charge on any atom is 0.261 e. The number of rotatable bonds is 11. The van der Waals surface area contributed by atoms with Crippen LogP contribution >= 0.6 is 23.2 Å². The van der Waals surface area contributed by atoms with E-state index in [9.17, 15) is 9.59 Å². The maximum absolute atomic E-state index is 13.5. The fourth-order valence-electron chi connectivity index (χ4n) is 3.60. The number of halogens is 2. The van der Waals surface area contributed by atoms with Crippen molar-refractivity contribution in [1.82, 2.24) is 10.2 Å². The Bertz CT molecular complexity index is 1100. The Balaban J connectivity index is 1.91. The molecule has 0 bridgehead atoms. The first kappa shape index (κ1) is 26.4. The van der Waals surface area contributed by atoms with Crippen LogP contribution in [-0.4, -0.2) is 43.0 Å². The van der Waals surface area contributed by atoms with Crippen LogP contribution in [0.3, 0.4) is 0 Å². The minimum atomic E-state index is -0.795. The Morgan fingerprint density at radius 3 is 2.14 bits per heavy atom. The van der Waals surface area contributed by atoms with Crippen molar-refractivity contribution in [2.45, 2.75) is 25.9 Å². The number of ether oxygens (including phenoxy) is 2. The van der Waals surface area contributed by atoms with E-state index in [0.29, 0.717) is 40.1 Å². The fourth-order valence-corrected chi connectivity index (χ4v) is 4.12. The summed E-state index contributed by atoms with van der Waals surface area (Å²) in [5, 5.41) is 3.68. The molecule has 3 rings (SSSR count). The molecule has 1 N–H and O–H groups in total. The molecule has 0 heterocycles. The second-order valence-electron chi connectivity index (χ2n) is 7.79. The smallest absolute Gasteiger partial charge is 0.261 e. The van der Waals surface area contributed by atoms with E-state index in [1.807, 2.05) is 37.3 Å². The minimum absolute atomic E-state index is 0.0535. The first-order valence-electron chi connectivity index (χ1n) is 11.2. The van der Waals surface area contributed by atoms with Crippen LogP contribution in [0.4, 0.5) is 0 Å². The Hall–Kier alpha value is -3.22. The number of likely N-dealkylation sites (N-methyl/N-ethyl adjacent to an activating group) is 1. The topological polar surface area (TPSA) is 67.9 Å². The number of hydrogen-bond donors (Lipinski definition) is 1. The van der Waals surface area contributed by atoms with Crippen molar-refractivity contribution >= 4 is 35.0 Å². The molecule has 3 aromatic carbocycles. The molecule has 184 valence electrons. The van der Waals surface area contributed by atoms with E-state index in [1.165, 1.54) is 4.90 Å². The molecular formula is C27H28Cl2N2O4. The Morgan fingerprint density at radius 1 is 0.914 bits per heavy atom. The number of carbonyl (C=O) groups is 2. The molecule has 0 saturated heterocycles. The fraction of sp³-hybridized carbons (Fsp3) is 0.259. The van der Waals surface area contributed by atoms with Gasteiger partial charge in [-0.15, -0.1) is 0 Å². The third kappa shape index (κ3) is 7.38. The van der Waals surface area contributed by atoms with Gasteiger partial charge in [-0.2, -0.15) is 0 Å². The molecule has 1 atom stereocenters. The highest BCUT2D eigenvalue weighted by molar-refractivity contribution is 6.36. The van der Waals surface area contributed by atoms with Gasteiger partial charge in [-0.05, 0) is 48.9 Å². The summed E-state index contributed by atoms with van der Waals surface area (Å²) < 4.78 is 10.9. The largest absolute Gasteiger partial charge is 0.497 e. The molecule has 0 saturated carbocycles. The van der Waals surface area contributed by atoms with E-state index in [4.69, 9.17) is 32.7 Å². The third-order valence-electron chi connectivity index (χ3n) is 5.43. The van der Waals surface area contributed by atoms with Crippen LogP contribution in [0.5, 0.6) is 11.5 Å². The van der Waals surface area contributed by atoms with Gasteiger partial charge in [-0.1, -0.05) is 59.6 Å². The number of nitrogens with zero attached hydrogens (tertiary/aromatic N) is 1. The van der Waals surface area contributed by atoms with Crippen LogP contribution < -0.4 is 14.8 Å². The van der Waals surface area contributed by atoms with E-state index in [-0.39, 0.29) is 25.0 Å². The molecule has 0 unspecified atom stereocenters. The molecule has 2 amide bonds. The van der Waals surface area contributed by atoms with E-state index < -0.39 is 6.04 Å². The van der Waals surface area contributed by atoms with Gasteiger partial charge >= 0.3 is 0 Å². The zero-order valence-corrected chi connectivity index (χ0v) is 21.2. The zero-order chi connectivity index (χ0) is 25.2. The highest BCUT2D eigenvalue weighted by atomic mass is 35.5. The van der Waals surface area contributed by atoms with Crippen LogP contribution in [0, 0.1) is 0 Å². The highest BCUT2D eigenvalue weighted by Gasteiger charge is 2.31. The standard InChI is InChI=1S/C27H28Cl2N2O4/c1-3-30-27(33)25(16-19-8-5-4-6-9-19)31(17-22-23(28)10-7-11-24(22)29)26(32)18-35-21-14-12-20(34-2)13-15-21/h4-15,25H,3,16-18H2,1-2H3,(H,30,33)/t25-/m1/s1. The van der Waals surface area contributed by atoms with Crippen molar-refractivity contribution in [3.63, 3.8) is 0 Å². The summed E-state index contributed by atoms with van der Waals surface area (Å²) in [6, 6.07) is 20.8. The number of methoxy groups -OCH3 is 1. The van der Waals surface area contributed by atoms with Gasteiger partial charge < -0.3 is 19.7 Å². The minimum Gasteiger partial charge on any atom is -0.497 e. The van der Waals surface area contributed by atoms with E-state index in [0.717, 1.165) is 5.56 Å². The van der Waals surface area contributed by atoms with Gasteiger partial charge in [0.2, 0.25) is 5.91 Å². The number of benzene rings is 3. The second-order valence-corrected chi connectivity index (χ2v) is 8.60. The van der Waals surface area contributed by atoms with E-state index in [2.05, 4.69) is 5.32 Å². The highest BCUT2D eigenvalue weighted by Crippen LogP contribution is 2.27. The predicted octanol–water partition coefficient (Wildman–Crippen LogP) is 5.16. The summed E-state index contributed by atoms with van der Waals surface area (Å²) in [5.41, 5.74) is 1.49. The lowest BCUT2D eigenvalue weighted by Crippen LogP contribution is -2.51. The molecule has 35 heavy (non-hydrogen) atoms. The van der Waals surface area contributed by atoms with Crippen LogP contribution in [0.1, 0.15) is 18.1 Å². The quantitative estimate of drug-likeness (QED) is 0.383. The van der Waals surface area contributed by atoms with Gasteiger partial charge in [-0.3, -0.25) is 9.59 Å². The number of carbonyl (C=O) groups excluding carboxylic acids is 2. The summed E-state index contributed by atoms with van der Waals surface area (Å²) in [6.45, 7) is 2.06. The first-order chi connectivity index (χ1) is 16.9. The number of hydrogen-bond acceptors (Lipinski definition) is 4. The van der Waals surface area contributed by atoms with Gasteiger partial charge in [0.15, 0.2) is 6.61 Å². The first-order valence-corrected chi connectivity index (χ1v) is 12.0. The van der Waals surface area contributed by atoms with Crippen LogP contribution in [0.15, 0.2) is 72.8 Å². The molecule has 0 spiro atoms. The average molecular weight is 515 g/mol. The lowest BCUT2D eigenvalue weighted by molar-refractivity contribution is -0.142. The molecule has 3 aromatic rings. The Morgan fingerprint density at radius 2 is 1.54 bits per heavy atom. The van der Waals surface area contributed by atoms with Crippen molar-refractivity contribution in [2.24, 2.45) is 0 Å². The molecule has 0 aliphatic rings. The summed E-state index contributed by atoms with van der Waals surface area (Å²) in [7, 11) is 1.57. The summed E-state index contributed by atoms with van der Waals surface area (Å²) in [5.74, 6) is 0.548. The van der Waals surface area contributed by atoms with Crippen molar-refractivity contribution in [1.29, 1.82) is 0 Å². The Labute approximate surface area is 215 Å². The van der Waals surface area contributed by atoms with Crippen LogP contribution in [-0.2, 0) is 22.6 Å². The number of nitrogens with one attached hydrogen (secondary N) is 1. The van der Waals surface area contributed by atoms with Crippen molar-refractivity contribution in [3.05, 3.63) is 94.0 Å². The lowest BCUT2D eigenvalue weighted by Gasteiger charge is -2.32. The SMILES string of the molecule is CCNC(=O)[C@@H](Cc1ccccc1)N(Cc1c(Cl)cccc1Cl)C(=O)COc1ccc(OC)cc1. The summed E-state index contributed by atoms with van der Waals surface area (Å²) >= 11 is 12.8. The molecule has 6 nitrogen and oxygen atoms in total. The van der Waals surface area contributed by atoms with Crippen molar-refractivity contribution < 1.29 is 19.1 Å². The zero-order valence-electron chi connectivity index (χ0n) is 19.7. The monoisotopic (exact) mass is 514 g/mol. The van der Waals surface area contributed by atoms with Gasteiger partial charge in [-0.25, -0.2) is 0 Å². The summed E-state index contributed by atoms with van der Waals surface area (Å²) in [6.07, 6.45) is 0.322. The second kappa shape index (κ2) is 13.0. The van der Waals surface area contributed by atoms with Gasteiger partial charge in [0.25, 0.3) is 5.91 Å². The maximum atomic E-state index is 13.5. The van der Waals surface area contributed by atoms with Gasteiger partial charge in [0, 0.05) is 35.1 Å².